The van der Waals surface area contributed by atoms with Crippen LogP contribution in [0.2, 0.25) is 5.02 Å². The average molecular weight is 349 g/mol. The molecule has 0 aliphatic carbocycles. The number of para-hydroxylation sites is 2. The lowest BCUT2D eigenvalue weighted by molar-refractivity contribution is 0.0785. The van der Waals surface area contributed by atoms with E-state index in [1.54, 1.807) is 24.3 Å². The highest BCUT2D eigenvalue weighted by Crippen LogP contribution is 2.34. The van der Waals surface area contributed by atoms with Crippen molar-refractivity contribution < 1.29 is 18.3 Å². The van der Waals surface area contributed by atoms with E-state index >= 15 is 0 Å². The fourth-order valence-corrected chi connectivity index (χ4v) is 2.46. The topological polar surface area (TPSA) is 55.6 Å². The smallest absolute Gasteiger partial charge is 0.410 e. The van der Waals surface area contributed by atoms with Gasteiger partial charge in [0.1, 0.15) is 11.3 Å². The van der Waals surface area contributed by atoms with Crippen LogP contribution in [0.4, 0.5) is 9.18 Å². The molecule has 0 fully saturated rings. The van der Waals surface area contributed by atoms with Crippen molar-refractivity contribution in [2.24, 2.45) is 0 Å². The van der Waals surface area contributed by atoms with Crippen molar-refractivity contribution in [1.29, 1.82) is 0 Å². The molecule has 0 spiro atoms. The number of benzene rings is 2. The van der Waals surface area contributed by atoms with E-state index in [2.05, 4.69) is 4.98 Å². The van der Waals surface area contributed by atoms with Crippen molar-refractivity contribution in [2.45, 2.75) is 6.10 Å². The molecular weight excluding hydrogens is 335 g/mol. The maximum Gasteiger partial charge on any atom is 0.410 e. The molecule has 0 N–H and O–H groups in total. The predicted molar refractivity (Wildman–Crippen MR) is 87.4 cm³/mol. The van der Waals surface area contributed by atoms with Crippen molar-refractivity contribution in [2.75, 3.05) is 14.1 Å². The molecule has 3 aromatic rings. The largest absolute Gasteiger partial charge is 0.436 e. The minimum atomic E-state index is -1.19. The fourth-order valence-electron chi connectivity index (χ4n) is 2.20. The van der Waals surface area contributed by atoms with E-state index in [1.807, 2.05) is 0 Å². The van der Waals surface area contributed by atoms with Crippen LogP contribution in [0.1, 0.15) is 17.6 Å². The summed E-state index contributed by atoms with van der Waals surface area (Å²) < 4.78 is 25.4. The van der Waals surface area contributed by atoms with Gasteiger partial charge >= 0.3 is 6.09 Å². The Balaban J connectivity index is 2.12. The SMILES string of the molecule is CN(C)C(=O)OC(c1nc2ccccc2o1)c1c(F)cccc1Cl. The molecule has 1 atom stereocenters. The Kier molecular flexibility index (Phi) is 4.40. The van der Waals surface area contributed by atoms with Crippen LogP contribution in [0.25, 0.3) is 11.1 Å². The number of carbonyl (C=O) groups excluding carboxylic acids is 1. The van der Waals surface area contributed by atoms with Crippen molar-refractivity contribution in [1.82, 2.24) is 9.88 Å². The first-order valence-electron chi connectivity index (χ1n) is 7.14. The van der Waals surface area contributed by atoms with Gasteiger partial charge in [-0.05, 0) is 24.3 Å². The van der Waals surface area contributed by atoms with Crippen LogP contribution in [0, 0.1) is 5.82 Å². The average Bonchev–Trinajstić information content (AvgIpc) is 2.97. The van der Waals surface area contributed by atoms with Gasteiger partial charge in [-0.1, -0.05) is 29.8 Å². The Hall–Kier alpha value is -2.60. The van der Waals surface area contributed by atoms with Crippen LogP contribution in [0.3, 0.4) is 0 Å². The van der Waals surface area contributed by atoms with Crippen LogP contribution in [0.15, 0.2) is 46.9 Å². The number of oxazole rings is 1. The van der Waals surface area contributed by atoms with Gasteiger partial charge in [-0.3, -0.25) is 0 Å². The molecule has 0 saturated heterocycles. The molecule has 1 unspecified atom stereocenters. The van der Waals surface area contributed by atoms with Gasteiger partial charge in [0.2, 0.25) is 12.0 Å². The molecule has 0 bridgehead atoms. The zero-order valence-corrected chi connectivity index (χ0v) is 13.7. The molecule has 124 valence electrons. The lowest BCUT2D eigenvalue weighted by atomic mass is 10.1. The summed E-state index contributed by atoms with van der Waals surface area (Å²) in [5.74, 6) is -0.556. The Morgan fingerprint density at radius 3 is 2.67 bits per heavy atom. The highest BCUT2D eigenvalue weighted by molar-refractivity contribution is 6.31. The number of rotatable bonds is 3. The van der Waals surface area contributed by atoms with Crippen LogP contribution < -0.4 is 0 Å². The number of hydrogen-bond donors (Lipinski definition) is 0. The summed E-state index contributed by atoms with van der Waals surface area (Å²) in [6.45, 7) is 0. The third kappa shape index (κ3) is 3.05. The number of hydrogen-bond acceptors (Lipinski definition) is 4. The van der Waals surface area contributed by atoms with E-state index in [9.17, 15) is 9.18 Å². The molecule has 5 nitrogen and oxygen atoms in total. The molecule has 24 heavy (non-hydrogen) atoms. The second kappa shape index (κ2) is 6.49. The Morgan fingerprint density at radius 2 is 2.00 bits per heavy atom. The lowest BCUT2D eigenvalue weighted by Gasteiger charge is -2.19. The zero-order valence-electron chi connectivity index (χ0n) is 13.0. The van der Waals surface area contributed by atoms with E-state index in [-0.39, 0.29) is 16.5 Å². The summed E-state index contributed by atoms with van der Waals surface area (Å²) in [5, 5.41) is 0.119. The second-order valence-electron chi connectivity index (χ2n) is 5.31. The van der Waals surface area contributed by atoms with E-state index < -0.39 is 18.0 Å². The van der Waals surface area contributed by atoms with Gasteiger partial charge in [0.25, 0.3) is 0 Å². The molecule has 0 aliphatic heterocycles. The fraction of sp³-hybridized carbons (Fsp3) is 0.176. The minimum absolute atomic E-state index is 0.000854. The maximum atomic E-state index is 14.3. The van der Waals surface area contributed by atoms with E-state index in [0.29, 0.717) is 11.1 Å². The van der Waals surface area contributed by atoms with Gasteiger partial charge in [0.15, 0.2) is 5.58 Å². The standard InChI is InChI=1S/C17H14ClFN2O3/c1-21(2)17(22)24-15(14-10(18)6-5-7-11(14)19)16-20-12-8-3-4-9-13(12)23-16/h3-9,15H,1-2H3. The predicted octanol–water partition coefficient (Wildman–Crippen LogP) is 4.41. The molecule has 1 heterocycles. The first-order chi connectivity index (χ1) is 11.5. The van der Waals surface area contributed by atoms with Crippen molar-refractivity contribution in [3.05, 3.63) is 64.8 Å². The monoisotopic (exact) mass is 348 g/mol. The van der Waals surface area contributed by atoms with Gasteiger partial charge in [0.05, 0.1) is 10.6 Å². The van der Waals surface area contributed by atoms with Crippen LogP contribution in [-0.2, 0) is 4.74 Å². The van der Waals surface area contributed by atoms with Crippen LogP contribution in [0.5, 0.6) is 0 Å². The number of halogens is 2. The van der Waals surface area contributed by atoms with Crippen LogP contribution in [-0.4, -0.2) is 30.1 Å². The van der Waals surface area contributed by atoms with Crippen molar-refractivity contribution >= 4 is 28.8 Å². The third-order valence-electron chi connectivity index (χ3n) is 3.38. The van der Waals surface area contributed by atoms with Crippen molar-refractivity contribution in [3.8, 4) is 0 Å². The van der Waals surface area contributed by atoms with Gasteiger partial charge in [-0.15, -0.1) is 0 Å². The number of carbonyl (C=O) groups is 1. The van der Waals surface area contributed by atoms with Gasteiger partial charge in [0, 0.05) is 14.1 Å². The number of fused-ring (bicyclic) bond motifs is 1. The Morgan fingerprint density at radius 1 is 1.25 bits per heavy atom. The summed E-state index contributed by atoms with van der Waals surface area (Å²) in [7, 11) is 3.04. The quantitative estimate of drug-likeness (QED) is 0.703. The van der Waals surface area contributed by atoms with Gasteiger partial charge < -0.3 is 14.1 Å². The molecule has 0 aliphatic rings. The first kappa shape index (κ1) is 16.3. The summed E-state index contributed by atoms with van der Waals surface area (Å²) in [6, 6.07) is 11.3. The minimum Gasteiger partial charge on any atom is -0.436 e. The number of amides is 1. The number of ether oxygens (including phenoxy) is 1. The van der Waals surface area contributed by atoms with Crippen LogP contribution >= 0.6 is 11.6 Å². The van der Waals surface area contributed by atoms with Crippen molar-refractivity contribution in [3.63, 3.8) is 0 Å². The van der Waals surface area contributed by atoms with E-state index in [0.717, 1.165) is 0 Å². The van der Waals surface area contributed by atoms with Gasteiger partial charge in [-0.2, -0.15) is 0 Å². The molecule has 3 rings (SSSR count). The molecule has 0 radical (unpaired) electrons. The molecule has 1 amide bonds. The van der Waals surface area contributed by atoms with Gasteiger partial charge in [-0.25, -0.2) is 14.2 Å². The molecular formula is C17H14ClFN2O3. The summed E-state index contributed by atoms with van der Waals surface area (Å²) >= 11 is 6.12. The number of nitrogens with zero attached hydrogens (tertiary/aromatic N) is 2. The summed E-state index contributed by atoms with van der Waals surface area (Å²) in [5.41, 5.74) is 1.08. The highest BCUT2D eigenvalue weighted by atomic mass is 35.5. The molecule has 2 aromatic carbocycles. The highest BCUT2D eigenvalue weighted by Gasteiger charge is 2.30. The Bertz CT molecular complexity index is 841. The summed E-state index contributed by atoms with van der Waals surface area (Å²) in [4.78, 5) is 17.5. The summed E-state index contributed by atoms with van der Waals surface area (Å²) in [6.07, 6.45) is -1.86. The molecule has 0 saturated carbocycles. The first-order valence-corrected chi connectivity index (χ1v) is 7.52. The normalized spacial score (nSPS) is 12.2. The zero-order chi connectivity index (χ0) is 17.3. The second-order valence-corrected chi connectivity index (χ2v) is 5.72. The van der Waals surface area contributed by atoms with E-state index in [1.165, 1.54) is 37.2 Å². The third-order valence-corrected chi connectivity index (χ3v) is 3.71. The lowest BCUT2D eigenvalue weighted by Crippen LogP contribution is -2.25. The molecule has 1 aromatic heterocycles. The maximum absolute atomic E-state index is 14.3. The van der Waals surface area contributed by atoms with E-state index in [4.69, 9.17) is 20.8 Å². The Labute approximate surface area is 142 Å². The number of aromatic nitrogens is 1. The molecule has 7 heteroatoms.